The molecule has 5 heteroatoms. The summed E-state index contributed by atoms with van der Waals surface area (Å²) in [4.78, 5) is 13.5. The Bertz CT molecular complexity index is 775. The number of benzene rings is 1. The second-order valence-electron chi connectivity index (χ2n) is 4.86. The van der Waals surface area contributed by atoms with Gasteiger partial charge in [-0.2, -0.15) is 0 Å². The summed E-state index contributed by atoms with van der Waals surface area (Å²) < 4.78 is 7.13. The fraction of sp³-hybridized carbons (Fsp3) is 0.188. The van der Waals surface area contributed by atoms with Crippen LogP contribution in [0.5, 0.6) is 0 Å². The van der Waals surface area contributed by atoms with Gasteiger partial charge in [0, 0.05) is 18.6 Å². The number of thiazole rings is 1. The summed E-state index contributed by atoms with van der Waals surface area (Å²) in [6.07, 6.45) is 0. The zero-order valence-electron chi connectivity index (χ0n) is 11.9. The summed E-state index contributed by atoms with van der Waals surface area (Å²) in [6, 6.07) is 11.4. The molecular formula is C16H15N2O2S+. The first-order chi connectivity index (χ1) is 10.1. The Morgan fingerprint density at radius 2 is 2.05 bits per heavy atom. The predicted molar refractivity (Wildman–Crippen MR) is 82.5 cm³/mol. The standard InChI is InChI=1S/C16H15N2O2S/c1-11-12(2)21-10-18(11)9-15(19)16-8-14(17-20-16)13-6-4-3-5-7-13/h3-8,10H,9H2,1-2H3/q+1. The van der Waals surface area contributed by atoms with E-state index in [9.17, 15) is 4.79 Å². The SMILES string of the molecule is Cc1[s+]cn(CC(=O)c2cc(-c3ccccc3)no2)c1C. The minimum atomic E-state index is -0.0735. The molecule has 0 unspecified atom stereocenters. The Balaban J connectivity index is 1.80. The van der Waals surface area contributed by atoms with Gasteiger partial charge in [0.05, 0.1) is 12.2 Å². The van der Waals surface area contributed by atoms with E-state index in [0.717, 1.165) is 11.3 Å². The first-order valence-electron chi connectivity index (χ1n) is 6.64. The average molecular weight is 299 g/mol. The van der Waals surface area contributed by atoms with Crippen molar-refractivity contribution in [1.82, 2.24) is 9.72 Å². The van der Waals surface area contributed by atoms with Gasteiger partial charge < -0.3 is 4.52 Å². The molecule has 0 N–H and O–H groups in total. The molecule has 106 valence electrons. The number of aryl methyl sites for hydroxylation is 1. The van der Waals surface area contributed by atoms with Crippen LogP contribution < -0.4 is 0 Å². The van der Waals surface area contributed by atoms with Crippen molar-refractivity contribution < 1.29 is 9.32 Å². The monoisotopic (exact) mass is 299 g/mol. The molecule has 0 saturated carbocycles. The summed E-state index contributed by atoms with van der Waals surface area (Å²) in [7, 11) is 0. The van der Waals surface area contributed by atoms with Crippen molar-refractivity contribution in [3.63, 3.8) is 0 Å². The Morgan fingerprint density at radius 3 is 2.71 bits per heavy atom. The topological polar surface area (TPSA) is 48.0 Å². The van der Waals surface area contributed by atoms with Gasteiger partial charge >= 0.3 is 0 Å². The van der Waals surface area contributed by atoms with Gasteiger partial charge in [-0.25, -0.2) is 0 Å². The number of nitrogens with zero attached hydrogens (tertiary/aromatic N) is 2. The Kier molecular flexibility index (Phi) is 3.66. The number of Topliss-reactive ketones (excluding diaryl/α,β-unsaturated/α-hetero) is 1. The van der Waals surface area contributed by atoms with Crippen LogP contribution in [-0.2, 0) is 6.54 Å². The molecule has 3 rings (SSSR count). The average Bonchev–Trinajstić information content (AvgIpc) is 3.11. The second-order valence-corrected chi connectivity index (χ2v) is 5.92. The molecule has 0 fully saturated rings. The molecule has 0 bridgehead atoms. The highest BCUT2D eigenvalue weighted by molar-refractivity contribution is 7.09. The summed E-state index contributed by atoms with van der Waals surface area (Å²) in [5.41, 5.74) is 4.69. The highest BCUT2D eigenvalue weighted by Gasteiger charge is 2.18. The number of carbonyl (C=O) groups excluding carboxylic acids is 1. The number of aromatic nitrogens is 2. The molecule has 21 heavy (non-hydrogen) atoms. The van der Waals surface area contributed by atoms with Gasteiger partial charge in [0.25, 0.3) is 5.51 Å². The van der Waals surface area contributed by atoms with Crippen LogP contribution in [0.4, 0.5) is 0 Å². The van der Waals surface area contributed by atoms with Crippen LogP contribution in [0.1, 0.15) is 21.1 Å². The molecular weight excluding hydrogens is 284 g/mol. The van der Waals surface area contributed by atoms with Gasteiger partial charge in [-0.1, -0.05) is 35.5 Å². The van der Waals surface area contributed by atoms with Crippen LogP contribution in [0.15, 0.2) is 46.4 Å². The summed E-state index contributed by atoms with van der Waals surface area (Å²) in [5, 5.41) is 3.97. The fourth-order valence-corrected chi connectivity index (χ4v) is 2.86. The van der Waals surface area contributed by atoms with Crippen molar-refractivity contribution in [1.29, 1.82) is 0 Å². The van der Waals surface area contributed by atoms with E-state index in [2.05, 4.69) is 5.16 Å². The number of carbonyl (C=O) groups is 1. The van der Waals surface area contributed by atoms with Gasteiger partial charge in [-0.3, -0.25) is 9.36 Å². The van der Waals surface area contributed by atoms with Crippen LogP contribution in [0.3, 0.4) is 0 Å². The lowest BCUT2D eigenvalue weighted by Crippen LogP contribution is -2.10. The molecule has 0 amide bonds. The molecule has 2 aromatic heterocycles. The first-order valence-corrected chi connectivity index (χ1v) is 7.52. The van der Waals surface area contributed by atoms with Crippen molar-refractivity contribution >= 4 is 17.1 Å². The van der Waals surface area contributed by atoms with Gasteiger partial charge in [-0.15, -0.1) is 0 Å². The van der Waals surface area contributed by atoms with E-state index in [4.69, 9.17) is 4.52 Å². The maximum absolute atomic E-state index is 12.3. The molecule has 2 heterocycles. The summed E-state index contributed by atoms with van der Waals surface area (Å²) in [5.74, 6) is 0.222. The maximum atomic E-state index is 12.3. The highest BCUT2D eigenvalue weighted by Crippen LogP contribution is 2.20. The van der Waals surface area contributed by atoms with Crippen molar-refractivity contribution in [2.45, 2.75) is 20.4 Å². The van der Waals surface area contributed by atoms with Crippen LogP contribution in [0.25, 0.3) is 11.3 Å². The minimum Gasteiger partial charge on any atom is -0.352 e. The lowest BCUT2D eigenvalue weighted by atomic mass is 10.1. The van der Waals surface area contributed by atoms with E-state index in [1.54, 1.807) is 17.4 Å². The smallest absolute Gasteiger partial charge is 0.269 e. The number of hydrogen-bond acceptors (Lipinski definition) is 3. The normalized spacial score (nSPS) is 10.8. The Morgan fingerprint density at radius 1 is 1.29 bits per heavy atom. The molecule has 0 spiro atoms. The van der Waals surface area contributed by atoms with E-state index < -0.39 is 0 Å². The Labute approximate surface area is 126 Å². The van der Waals surface area contributed by atoms with Crippen molar-refractivity contribution in [2.24, 2.45) is 0 Å². The van der Waals surface area contributed by atoms with Gasteiger partial charge in [0.15, 0.2) is 0 Å². The van der Waals surface area contributed by atoms with Gasteiger partial charge in [-0.05, 0) is 6.92 Å². The largest absolute Gasteiger partial charge is 0.352 e. The minimum absolute atomic E-state index is 0.0735. The number of ketones is 1. The van der Waals surface area contributed by atoms with Crippen LogP contribution >= 0.6 is 11.3 Å². The fourth-order valence-electron chi connectivity index (χ4n) is 2.05. The third-order valence-electron chi connectivity index (χ3n) is 3.47. The number of rotatable bonds is 4. The van der Waals surface area contributed by atoms with E-state index in [0.29, 0.717) is 11.5 Å². The lowest BCUT2D eigenvalue weighted by Gasteiger charge is -1.99. The third kappa shape index (κ3) is 2.78. The number of hydrogen-bond donors (Lipinski definition) is 0. The van der Waals surface area contributed by atoms with Gasteiger partial charge in [0.1, 0.15) is 5.69 Å². The first kappa shape index (κ1) is 13.7. The molecule has 0 aliphatic rings. The molecule has 0 aliphatic heterocycles. The van der Waals surface area contributed by atoms with Crippen LogP contribution in [0.2, 0.25) is 0 Å². The quantitative estimate of drug-likeness (QED) is 0.540. The van der Waals surface area contributed by atoms with Gasteiger partial charge in [0.2, 0.25) is 27.8 Å². The third-order valence-corrected chi connectivity index (χ3v) is 4.47. The molecule has 0 aliphatic carbocycles. The molecule has 1 aromatic carbocycles. The van der Waals surface area contributed by atoms with E-state index in [1.165, 1.54) is 4.88 Å². The van der Waals surface area contributed by atoms with E-state index in [1.807, 2.05) is 54.3 Å². The van der Waals surface area contributed by atoms with Crippen molar-refractivity contribution in [3.05, 3.63) is 58.2 Å². The molecule has 0 saturated heterocycles. The van der Waals surface area contributed by atoms with Crippen molar-refractivity contribution in [2.75, 3.05) is 0 Å². The molecule has 3 aromatic rings. The Hall–Kier alpha value is -2.27. The zero-order chi connectivity index (χ0) is 14.8. The zero-order valence-corrected chi connectivity index (χ0v) is 12.7. The predicted octanol–water partition coefficient (Wildman–Crippen LogP) is 3.99. The van der Waals surface area contributed by atoms with Crippen LogP contribution in [-0.4, -0.2) is 15.5 Å². The highest BCUT2D eigenvalue weighted by atomic mass is 32.1. The second kappa shape index (κ2) is 5.61. The molecule has 0 atom stereocenters. The van der Waals surface area contributed by atoms with E-state index >= 15 is 0 Å². The lowest BCUT2D eigenvalue weighted by molar-refractivity contribution is 0.0935. The maximum Gasteiger partial charge on any atom is 0.269 e. The molecule has 0 radical (unpaired) electrons. The van der Waals surface area contributed by atoms with E-state index in [-0.39, 0.29) is 12.3 Å². The van der Waals surface area contributed by atoms with Crippen molar-refractivity contribution in [3.8, 4) is 11.3 Å². The summed E-state index contributed by atoms with van der Waals surface area (Å²) in [6.45, 7) is 4.33. The summed E-state index contributed by atoms with van der Waals surface area (Å²) >= 11 is 1.63. The molecule has 4 nitrogen and oxygen atoms in total. The van der Waals surface area contributed by atoms with Crippen LogP contribution in [0, 0.1) is 13.8 Å².